The third-order valence-electron chi connectivity index (χ3n) is 3.65. The summed E-state index contributed by atoms with van der Waals surface area (Å²) in [4.78, 5) is 17.4. The van der Waals surface area contributed by atoms with Gasteiger partial charge in [-0.3, -0.25) is 9.69 Å². The topological polar surface area (TPSA) is 27.4 Å². The molecule has 0 atom stereocenters. The van der Waals surface area contributed by atoms with Crippen LogP contribution in [0.3, 0.4) is 0 Å². The second-order valence-corrected chi connectivity index (χ2v) is 5.87. The average molecular weight is 288 g/mol. The van der Waals surface area contributed by atoms with Crippen LogP contribution in [0.1, 0.15) is 9.67 Å². The van der Waals surface area contributed by atoms with Crippen molar-refractivity contribution in [1.82, 2.24) is 4.90 Å². The largest absolute Gasteiger partial charge is 0.330 e. The maximum absolute atomic E-state index is 12.3. The molecule has 0 aromatic carbocycles. The first-order chi connectivity index (χ1) is 9.75. The number of anilines is 1. The predicted octanol–water partition coefficient (Wildman–Crippen LogP) is 1.53. The first-order valence-electron chi connectivity index (χ1n) is 6.78. The molecule has 0 unspecified atom stereocenters. The SMILES string of the molecule is C[n+]1ccccc1N1CCN(C(=O)c2cccs2)CC1. The van der Waals surface area contributed by atoms with Gasteiger partial charge in [0.2, 0.25) is 0 Å². The Morgan fingerprint density at radius 2 is 1.95 bits per heavy atom. The molecule has 0 bridgehead atoms. The van der Waals surface area contributed by atoms with Crippen LogP contribution in [0.2, 0.25) is 0 Å². The van der Waals surface area contributed by atoms with Gasteiger partial charge in [-0.05, 0) is 17.5 Å². The number of thiophene rings is 1. The van der Waals surface area contributed by atoms with Crippen molar-refractivity contribution in [3.63, 3.8) is 0 Å². The van der Waals surface area contributed by atoms with Crippen molar-refractivity contribution >= 4 is 23.1 Å². The molecule has 104 valence electrons. The lowest BCUT2D eigenvalue weighted by Crippen LogP contribution is -2.51. The van der Waals surface area contributed by atoms with Crippen molar-refractivity contribution in [2.45, 2.75) is 0 Å². The van der Waals surface area contributed by atoms with Crippen molar-refractivity contribution < 1.29 is 9.36 Å². The fraction of sp³-hybridized carbons (Fsp3) is 0.333. The highest BCUT2D eigenvalue weighted by Crippen LogP contribution is 2.16. The molecule has 0 spiro atoms. The molecule has 1 saturated heterocycles. The molecule has 3 heterocycles. The highest BCUT2D eigenvalue weighted by molar-refractivity contribution is 7.12. The number of pyridine rings is 1. The Kier molecular flexibility index (Phi) is 3.69. The lowest BCUT2D eigenvalue weighted by Gasteiger charge is -2.31. The standard InChI is InChI=1S/C15H18N3OS/c1-16-7-3-2-6-14(16)17-8-10-18(11-9-17)15(19)13-5-4-12-20-13/h2-7,12H,8-11H2,1H3/q+1. The molecule has 0 aliphatic carbocycles. The summed E-state index contributed by atoms with van der Waals surface area (Å²) < 4.78 is 2.12. The molecule has 4 nitrogen and oxygen atoms in total. The Hall–Kier alpha value is -1.88. The van der Waals surface area contributed by atoms with Crippen LogP contribution in [0.5, 0.6) is 0 Å². The Balaban J connectivity index is 1.65. The lowest BCUT2D eigenvalue weighted by molar-refractivity contribution is -0.659. The van der Waals surface area contributed by atoms with Crippen molar-refractivity contribution in [3.8, 4) is 0 Å². The Labute approximate surface area is 122 Å². The molecule has 1 fully saturated rings. The maximum atomic E-state index is 12.3. The van der Waals surface area contributed by atoms with Crippen LogP contribution in [0.15, 0.2) is 41.9 Å². The minimum atomic E-state index is 0.164. The number of rotatable bonds is 2. The number of aromatic nitrogens is 1. The number of carbonyl (C=O) groups excluding carboxylic acids is 1. The van der Waals surface area contributed by atoms with Crippen LogP contribution < -0.4 is 9.47 Å². The van der Waals surface area contributed by atoms with Crippen molar-refractivity contribution in [2.75, 3.05) is 31.1 Å². The molecule has 5 heteroatoms. The van der Waals surface area contributed by atoms with Crippen LogP contribution in [-0.2, 0) is 7.05 Å². The van der Waals surface area contributed by atoms with E-state index < -0.39 is 0 Å². The zero-order valence-corrected chi connectivity index (χ0v) is 12.3. The van der Waals surface area contributed by atoms with Gasteiger partial charge in [-0.15, -0.1) is 11.3 Å². The van der Waals surface area contributed by atoms with Crippen LogP contribution >= 0.6 is 11.3 Å². The van der Waals surface area contributed by atoms with Gasteiger partial charge in [0.05, 0.1) is 31.2 Å². The summed E-state index contributed by atoms with van der Waals surface area (Å²) in [7, 11) is 2.05. The summed E-state index contributed by atoms with van der Waals surface area (Å²) in [5.41, 5.74) is 0. The third-order valence-corrected chi connectivity index (χ3v) is 4.51. The molecular weight excluding hydrogens is 270 g/mol. The number of amides is 1. The molecule has 1 aliphatic heterocycles. The highest BCUT2D eigenvalue weighted by Gasteiger charge is 2.27. The van der Waals surface area contributed by atoms with Crippen LogP contribution in [0, 0.1) is 0 Å². The number of hydrogen-bond acceptors (Lipinski definition) is 3. The summed E-state index contributed by atoms with van der Waals surface area (Å²) in [6, 6.07) is 10.0. The number of carbonyl (C=O) groups is 1. The van der Waals surface area contributed by atoms with Gasteiger partial charge in [0.25, 0.3) is 11.7 Å². The quantitative estimate of drug-likeness (QED) is 0.784. The minimum absolute atomic E-state index is 0.164. The second-order valence-electron chi connectivity index (χ2n) is 4.93. The number of hydrogen-bond donors (Lipinski definition) is 0. The molecule has 20 heavy (non-hydrogen) atoms. The van der Waals surface area contributed by atoms with Gasteiger partial charge in [-0.25, -0.2) is 4.57 Å². The number of nitrogens with zero attached hydrogens (tertiary/aromatic N) is 3. The van der Waals surface area contributed by atoms with E-state index in [0.29, 0.717) is 0 Å². The van der Waals surface area contributed by atoms with Gasteiger partial charge in [-0.1, -0.05) is 12.1 Å². The molecule has 0 saturated carbocycles. The normalized spacial score (nSPS) is 15.4. The van der Waals surface area contributed by atoms with E-state index in [-0.39, 0.29) is 5.91 Å². The maximum Gasteiger partial charge on any atom is 0.276 e. The van der Waals surface area contributed by atoms with E-state index in [2.05, 4.69) is 34.8 Å². The van der Waals surface area contributed by atoms with Gasteiger partial charge in [0.1, 0.15) is 13.1 Å². The van der Waals surface area contributed by atoms with Crippen molar-refractivity contribution in [2.24, 2.45) is 7.05 Å². The van der Waals surface area contributed by atoms with Crippen LogP contribution in [0.25, 0.3) is 0 Å². The van der Waals surface area contributed by atoms with Gasteiger partial charge in [-0.2, -0.15) is 0 Å². The highest BCUT2D eigenvalue weighted by atomic mass is 32.1. The van der Waals surface area contributed by atoms with Crippen LogP contribution in [-0.4, -0.2) is 37.0 Å². The van der Waals surface area contributed by atoms with Gasteiger partial charge in [0, 0.05) is 6.07 Å². The van der Waals surface area contributed by atoms with E-state index in [1.165, 1.54) is 17.2 Å². The van der Waals surface area contributed by atoms with Crippen LogP contribution in [0.4, 0.5) is 5.82 Å². The molecule has 2 aromatic heterocycles. The van der Waals surface area contributed by atoms with Gasteiger partial charge in [0.15, 0.2) is 0 Å². The monoisotopic (exact) mass is 288 g/mol. The average Bonchev–Trinajstić information content (AvgIpc) is 3.01. The second kappa shape index (κ2) is 5.63. The molecule has 1 amide bonds. The smallest absolute Gasteiger partial charge is 0.276 e. The number of piperazine rings is 1. The van der Waals surface area contributed by atoms with Crippen molar-refractivity contribution in [1.29, 1.82) is 0 Å². The molecule has 3 rings (SSSR count). The summed E-state index contributed by atoms with van der Waals surface area (Å²) in [6.45, 7) is 3.33. The summed E-state index contributed by atoms with van der Waals surface area (Å²) in [5.74, 6) is 1.37. The molecule has 0 radical (unpaired) electrons. The fourth-order valence-corrected chi connectivity index (χ4v) is 3.23. The lowest BCUT2D eigenvalue weighted by atomic mass is 10.3. The summed E-state index contributed by atoms with van der Waals surface area (Å²) in [6.07, 6.45) is 2.05. The molecule has 2 aromatic rings. The Bertz CT molecular complexity index is 589. The first kappa shape index (κ1) is 13.1. The minimum Gasteiger partial charge on any atom is -0.330 e. The fourth-order valence-electron chi connectivity index (χ4n) is 2.54. The van der Waals surface area contributed by atoms with E-state index in [4.69, 9.17) is 0 Å². The van der Waals surface area contributed by atoms with Gasteiger partial charge < -0.3 is 4.90 Å². The first-order valence-corrected chi connectivity index (χ1v) is 7.66. The van der Waals surface area contributed by atoms with Gasteiger partial charge >= 0.3 is 0 Å². The summed E-state index contributed by atoms with van der Waals surface area (Å²) in [5, 5.41) is 1.95. The van der Waals surface area contributed by atoms with E-state index in [0.717, 1.165) is 31.1 Å². The Morgan fingerprint density at radius 1 is 1.15 bits per heavy atom. The van der Waals surface area contributed by atoms with E-state index in [9.17, 15) is 4.79 Å². The van der Waals surface area contributed by atoms with E-state index >= 15 is 0 Å². The van der Waals surface area contributed by atoms with Crippen molar-refractivity contribution in [3.05, 3.63) is 46.8 Å². The van der Waals surface area contributed by atoms with E-state index in [1.807, 2.05) is 28.5 Å². The zero-order chi connectivity index (χ0) is 13.9. The molecule has 1 aliphatic rings. The predicted molar refractivity (Wildman–Crippen MR) is 80.1 cm³/mol. The van der Waals surface area contributed by atoms with E-state index in [1.54, 1.807) is 0 Å². The number of aryl methyl sites for hydroxylation is 1. The molecule has 0 N–H and O–H groups in total. The summed E-state index contributed by atoms with van der Waals surface area (Å²) >= 11 is 1.52. The zero-order valence-electron chi connectivity index (χ0n) is 11.5. The third kappa shape index (κ3) is 2.54. The molecular formula is C15H18N3OS+. The Morgan fingerprint density at radius 3 is 2.60 bits per heavy atom.